The number of fused-ring (bicyclic) bond motifs is 2. The smallest absolute Gasteiger partial charge is 0.256 e. The first kappa shape index (κ1) is 25.7. The van der Waals surface area contributed by atoms with Gasteiger partial charge in [-0.15, -0.1) is 0 Å². The number of carbonyl (C=O) groups is 2. The Morgan fingerprint density at radius 2 is 1.81 bits per heavy atom. The summed E-state index contributed by atoms with van der Waals surface area (Å²) < 4.78 is 1.96. The molecule has 36 heavy (non-hydrogen) atoms. The summed E-state index contributed by atoms with van der Waals surface area (Å²) >= 11 is 0. The predicted octanol–water partition coefficient (Wildman–Crippen LogP) is 2.60. The van der Waals surface area contributed by atoms with Crippen LogP contribution in [0.4, 0.5) is 5.69 Å². The number of benzene rings is 2. The lowest BCUT2D eigenvalue weighted by atomic mass is 10.1. The van der Waals surface area contributed by atoms with Crippen LogP contribution in [-0.4, -0.2) is 76.3 Å². The fourth-order valence-electron chi connectivity index (χ4n) is 4.59. The minimum Gasteiger partial charge on any atom is -0.376 e. The maximum Gasteiger partial charge on any atom is 0.256 e. The molecule has 1 aromatic heterocycles. The molecule has 9 heteroatoms. The maximum absolute atomic E-state index is 13.2. The Morgan fingerprint density at radius 1 is 1.08 bits per heavy atom. The van der Waals surface area contributed by atoms with E-state index < -0.39 is 0 Å². The van der Waals surface area contributed by atoms with Gasteiger partial charge in [0.05, 0.1) is 18.3 Å². The Morgan fingerprint density at radius 3 is 2.47 bits per heavy atom. The monoisotopic (exact) mass is 491 g/mol. The zero-order valence-electron chi connectivity index (χ0n) is 21.8. The number of hydrogen-bond donors (Lipinski definition) is 2. The molecule has 2 amide bonds. The number of hydrazine groups is 1. The van der Waals surface area contributed by atoms with Crippen LogP contribution in [0.25, 0.3) is 10.9 Å². The molecule has 0 atom stereocenters. The SMILES string of the molecule is CCNCCN(CC(=O)N(C)N1Cc2ccccc2C1)C(=O)CNc1cc2cnn(CC)c2cc1C. The van der Waals surface area contributed by atoms with E-state index in [1.54, 1.807) is 17.0 Å². The van der Waals surface area contributed by atoms with Gasteiger partial charge < -0.3 is 15.5 Å². The van der Waals surface area contributed by atoms with E-state index in [4.69, 9.17) is 0 Å². The fraction of sp³-hybridized carbons (Fsp3) is 0.444. The predicted molar refractivity (Wildman–Crippen MR) is 142 cm³/mol. The van der Waals surface area contributed by atoms with Crippen LogP contribution in [0, 0.1) is 6.92 Å². The topological polar surface area (TPSA) is 85.7 Å². The fourth-order valence-corrected chi connectivity index (χ4v) is 4.59. The van der Waals surface area contributed by atoms with Gasteiger partial charge in [0.1, 0.15) is 6.54 Å². The maximum atomic E-state index is 13.2. The van der Waals surface area contributed by atoms with Crippen molar-refractivity contribution >= 4 is 28.4 Å². The third-order valence-electron chi connectivity index (χ3n) is 6.81. The molecule has 0 fully saturated rings. The Balaban J connectivity index is 1.39. The van der Waals surface area contributed by atoms with Crippen LogP contribution in [0.15, 0.2) is 42.6 Å². The third-order valence-corrected chi connectivity index (χ3v) is 6.81. The number of anilines is 1. The molecule has 2 heterocycles. The zero-order valence-corrected chi connectivity index (χ0v) is 21.8. The summed E-state index contributed by atoms with van der Waals surface area (Å²) in [5, 5.41) is 15.7. The van der Waals surface area contributed by atoms with Gasteiger partial charge in [0.15, 0.2) is 0 Å². The highest BCUT2D eigenvalue weighted by molar-refractivity contribution is 5.88. The number of amides is 2. The molecule has 0 bridgehead atoms. The molecule has 4 rings (SSSR count). The first-order chi connectivity index (χ1) is 17.4. The Bertz CT molecular complexity index is 1200. The van der Waals surface area contributed by atoms with E-state index in [0.717, 1.165) is 35.2 Å². The third kappa shape index (κ3) is 5.68. The van der Waals surface area contributed by atoms with Gasteiger partial charge in [-0.05, 0) is 49.2 Å². The van der Waals surface area contributed by atoms with Gasteiger partial charge in [-0.1, -0.05) is 31.2 Å². The van der Waals surface area contributed by atoms with Gasteiger partial charge in [0, 0.05) is 50.8 Å². The summed E-state index contributed by atoms with van der Waals surface area (Å²) in [6, 6.07) is 12.4. The van der Waals surface area contributed by atoms with Crippen molar-refractivity contribution in [3.8, 4) is 0 Å². The summed E-state index contributed by atoms with van der Waals surface area (Å²) in [5.74, 6) is -0.208. The molecule has 9 nitrogen and oxygen atoms in total. The number of nitrogens with one attached hydrogen (secondary N) is 2. The number of aryl methyl sites for hydroxylation is 2. The minimum absolute atomic E-state index is 0.0382. The first-order valence-electron chi connectivity index (χ1n) is 12.7. The Labute approximate surface area is 213 Å². The Kier molecular flexibility index (Phi) is 8.22. The summed E-state index contributed by atoms with van der Waals surface area (Å²) in [7, 11) is 1.79. The van der Waals surface area contributed by atoms with Crippen LogP contribution in [0.1, 0.15) is 30.5 Å². The molecule has 0 radical (unpaired) electrons. The lowest BCUT2D eigenvalue weighted by molar-refractivity contribution is -0.151. The van der Waals surface area contributed by atoms with Crippen molar-refractivity contribution in [2.75, 3.05) is 45.1 Å². The minimum atomic E-state index is -0.108. The second-order valence-electron chi connectivity index (χ2n) is 9.22. The molecule has 3 aromatic rings. The van der Waals surface area contributed by atoms with E-state index in [9.17, 15) is 9.59 Å². The highest BCUT2D eigenvalue weighted by atomic mass is 16.2. The number of likely N-dealkylation sites (N-methyl/N-ethyl adjacent to an activating group) is 2. The highest BCUT2D eigenvalue weighted by Gasteiger charge is 2.27. The zero-order chi connectivity index (χ0) is 25.7. The average molecular weight is 492 g/mol. The van der Waals surface area contributed by atoms with E-state index >= 15 is 0 Å². The van der Waals surface area contributed by atoms with Crippen molar-refractivity contribution in [1.82, 2.24) is 30.0 Å². The standard InChI is InChI=1S/C27H37N7O2/c1-5-28-11-12-32(19-27(36)31(4)33-17-21-9-7-8-10-22(21)18-33)26(35)16-29-24-14-23-15-30-34(6-2)25(23)13-20(24)3/h7-10,13-15,28-29H,5-6,11-12,16-19H2,1-4H3. The second-order valence-corrected chi connectivity index (χ2v) is 9.22. The van der Waals surface area contributed by atoms with Crippen LogP contribution in [0.2, 0.25) is 0 Å². The molecule has 0 saturated heterocycles. The number of carbonyl (C=O) groups excluding carboxylic acids is 2. The summed E-state index contributed by atoms with van der Waals surface area (Å²) in [4.78, 5) is 28.0. The summed E-state index contributed by atoms with van der Waals surface area (Å²) in [6.07, 6.45) is 1.85. The van der Waals surface area contributed by atoms with Gasteiger partial charge in [0.2, 0.25) is 5.91 Å². The van der Waals surface area contributed by atoms with Gasteiger partial charge >= 0.3 is 0 Å². The molecule has 2 N–H and O–H groups in total. The van der Waals surface area contributed by atoms with Crippen LogP contribution in [-0.2, 0) is 29.2 Å². The van der Waals surface area contributed by atoms with Crippen LogP contribution >= 0.6 is 0 Å². The van der Waals surface area contributed by atoms with Crippen molar-refractivity contribution in [2.24, 2.45) is 0 Å². The molecule has 0 unspecified atom stereocenters. The van der Waals surface area contributed by atoms with Crippen molar-refractivity contribution in [1.29, 1.82) is 0 Å². The molecule has 1 aliphatic heterocycles. The van der Waals surface area contributed by atoms with Gasteiger partial charge in [0.25, 0.3) is 5.91 Å². The van der Waals surface area contributed by atoms with Gasteiger partial charge in [-0.2, -0.15) is 5.10 Å². The largest absolute Gasteiger partial charge is 0.376 e. The highest BCUT2D eigenvalue weighted by Crippen LogP contribution is 2.24. The second kappa shape index (κ2) is 11.5. The van der Waals surface area contributed by atoms with Crippen molar-refractivity contribution in [2.45, 2.75) is 40.4 Å². The number of hydrogen-bond acceptors (Lipinski definition) is 6. The summed E-state index contributed by atoms with van der Waals surface area (Å²) in [6.45, 7) is 10.4. The van der Waals surface area contributed by atoms with E-state index in [2.05, 4.69) is 40.9 Å². The van der Waals surface area contributed by atoms with Gasteiger partial charge in [-0.3, -0.25) is 19.3 Å². The van der Waals surface area contributed by atoms with Crippen molar-refractivity contribution in [3.63, 3.8) is 0 Å². The average Bonchev–Trinajstić information content (AvgIpc) is 3.49. The molecule has 0 aliphatic carbocycles. The normalized spacial score (nSPS) is 13.1. The first-order valence-corrected chi connectivity index (χ1v) is 12.7. The molecular weight excluding hydrogens is 454 g/mol. The van der Waals surface area contributed by atoms with Crippen LogP contribution in [0.5, 0.6) is 0 Å². The lowest BCUT2D eigenvalue weighted by Gasteiger charge is -2.31. The van der Waals surface area contributed by atoms with Crippen molar-refractivity contribution in [3.05, 3.63) is 59.3 Å². The van der Waals surface area contributed by atoms with E-state index in [-0.39, 0.29) is 24.9 Å². The van der Waals surface area contributed by atoms with Crippen molar-refractivity contribution < 1.29 is 9.59 Å². The van der Waals surface area contributed by atoms with Crippen LogP contribution < -0.4 is 10.6 Å². The molecule has 0 spiro atoms. The Hall–Kier alpha value is -3.43. The van der Waals surface area contributed by atoms with Gasteiger partial charge in [-0.25, -0.2) is 5.01 Å². The molecule has 1 aliphatic rings. The van der Waals surface area contributed by atoms with Crippen LogP contribution in [0.3, 0.4) is 0 Å². The number of aromatic nitrogens is 2. The van der Waals surface area contributed by atoms with E-state index in [1.807, 2.05) is 47.9 Å². The summed E-state index contributed by atoms with van der Waals surface area (Å²) in [5.41, 5.74) is 5.50. The van der Waals surface area contributed by atoms with E-state index in [0.29, 0.717) is 26.2 Å². The number of nitrogens with zero attached hydrogens (tertiary/aromatic N) is 5. The van der Waals surface area contributed by atoms with E-state index in [1.165, 1.54) is 11.1 Å². The molecule has 0 saturated carbocycles. The molecule has 2 aromatic carbocycles. The molecular formula is C27H37N7O2. The number of rotatable bonds is 11. The quantitative estimate of drug-likeness (QED) is 0.401. The lowest BCUT2D eigenvalue weighted by Crippen LogP contribution is -2.49. The molecule has 192 valence electrons.